The molecule has 0 aliphatic carbocycles. The number of carboxylic acid groups (broad SMARTS) is 1. The predicted octanol–water partition coefficient (Wildman–Crippen LogP) is -0.255. The van der Waals surface area contributed by atoms with Crippen LogP contribution in [0.4, 0.5) is 0 Å². The van der Waals surface area contributed by atoms with E-state index in [2.05, 4.69) is 11.0 Å². The largest absolute Gasteiger partial charge is 0.480 e. The smallest absolute Gasteiger partial charge is 0.318 e. The molecule has 0 unspecified atom stereocenters. The molecule has 1 heterocycles. The van der Waals surface area contributed by atoms with E-state index in [1.54, 1.807) is 20.9 Å². The number of rotatable bonds is 5. The Morgan fingerprint density at radius 1 is 1.53 bits per heavy atom. The van der Waals surface area contributed by atoms with E-state index >= 15 is 0 Å². The second-order valence-electron chi connectivity index (χ2n) is 3.99. The van der Waals surface area contributed by atoms with Crippen molar-refractivity contribution in [3.05, 3.63) is 11.4 Å². The summed E-state index contributed by atoms with van der Waals surface area (Å²) < 4.78 is 27.0. The first-order valence-electron chi connectivity index (χ1n) is 5.37. The van der Waals surface area contributed by atoms with Gasteiger partial charge in [-0.25, -0.2) is 8.42 Å². The summed E-state index contributed by atoms with van der Waals surface area (Å²) in [4.78, 5) is 10.7. The van der Waals surface area contributed by atoms with Crippen LogP contribution in [-0.2, 0) is 21.9 Å². The summed E-state index contributed by atoms with van der Waals surface area (Å²) in [7, 11) is -2.36. The van der Waals surface area contributed by atoms with Gasteiger partial charge in [-0.1, -0.05) is 5.92 Å². The number of sulfonamides is 1. The molecule has 8 heteroatoms. The number of terminal acetylenes is 1. The standard InChI is InChI=1S/C11H15N3O4S/c1-5-6-14(7-10(15)16)19(17,18)11-8(2)12-13(4)9(11)3/h1H,6-7H2,2-4H3,(H,15,16). The molecular formula is C11H15N3O4S. The van der Waals surface area contributed by atoms with Gasteiger partial charge in [0.05, 0.1) is 17.9 Å². The maximum Gasteiger partial charge on any atom is 0.318 e. The van der Waals surface area contributed by atoms with Gasteiger partial charge in [-0.15, -0.1) is 6.42 Å². The second kappa shape index (κ2) is 5.42. The number of nitrogens with zero attached hydrogens (tertiary/aromatic N) is 3. The number of aryl methyl sites for hydroxylation is 2. The van der Waals surface area contributed by atoms with Gasteiger partial charge in [0, 0.05) is 7.05 Å². The maximum atomic E-state index is 12.4. The van der Waals surface area contributed by atoms with Crippen molar-refractivity contribution >= 4 is 16.0 Å². The fourth-order valence-corrected chi connectivity index (χ4v) is 3.44. The Hall–Kier alpha value is -1.85. The average molecular weight is 285 g/mol. The molecule has 0 spiro atoms. The lowest BCUT2D eigenvalue weighted by Gasteiger charge is -2.17. The Bertz CT molecular complexity index is 640. The van der Waals surface area contributed by atoms with Crippen LogP contribution < -0.4 is 0 Å². The molecule has 1 aromatic rings. The van der Waals surface area contributed by atoms with Gasteiger partial charge >= 0.3 is 5.97 Å². The summed E-state index contributed by atoms with van der Waals surface area (Å²) in [6, 6.07) is 0. The highest BCUT2D eigenvalue weighted by molar-refractivity contribution is 7.89. The van der Waals surface area contributed by atoms with Gasteiger partial charge in [0.15, 0.2) is 0 Å². The van der Waals surface area contributed by atoms with Crippen LogP contribution in [0.2, 0.25) is 0 Å². The summed E-state index contributed by atoms with van der Waals surface area (Å²) in [6.07, 6.45) is 5.09. The van der Waals surface area contributed by atoms with Gasteiger partial charge in [0.1, 0.15) is 11.4 Å². The molecule has 0 radical (unpaired) electrons. The van der Waals surface area contributed by atoms with E-state index in [0.717, 1.165) is 4.31 Å². The van der Waals surface area contributed by atoms with E-state index in [0.29, 0.717) is 11.4 Å². The van der Waals surface area contributed by atoms with Crippen molar-refractivity contribution in [2.45, 2.75) is 18.7 Å². The van der Waals surface area contributed by atoms with Gasteiger partial charge in [-0.05, 0) is 13.8 Å². The summed E-state index contributed by atoms with van der Waals surface area (Å²) in [5.41, 5.74) is 0.748. The van der Waals surface area contributed by atoms with Crippen LogP contribution in [0.15, 0.2) is 4.90 Å². The maximum absolute atomic E-state index is 12.4. The fourth-order valence-electron chi connectivity index (χ4n) is 1.74. The summed E-state index contributed by atoms with van der Waals surface area (Å²) in [6.45, 7) is 2.17. The third kappa shape index (κ3) is 2.94. The molecule has 0 amide bonds. The number of aromatic nitrogens is 2. The minimum atomic E-state index is -3.97. The first-order chi connectivity index (χ1) is 8.71. The first-order valence-corrected chi connectivity index (χ1v) is 6.81. The number of carbonyl (C=O) groups is 1. The molecule has 1 rings (SSSR count). The van der Waals surface area contributed by atoms with E-state index < -0.39 is 22.5 Å². The summed E-state index contributed by atoms with van der Waals surface area (Å²) in [5.74, 6) is 0.885. The van der Waals surface area contributed by atoms with Gasteiger partial charge in [-0.2, -0.15) is 9.40 Å². The lowest BCUT2D eigenvalue weighted by atomic mass is 10.4. The highest BCUT2D eigenvalue weighted by Crippen LogP contribution is 2.22. The summed E-state index contributed by atoms with van der Waals surface area (Å²) in [5, 5.41) is 12.8. The van der Waals surface area contributed by atoms with Crippen molar-refractivity contribution in [1.82, 2.24) is 14.1 Å². The van der Waals surface area contributed by atoms with Crippen LogP contribution in [0.3, 0.4) is 0 Å². The van der Waals surface area contributed by atoms with Gasteiger partial charge in [0.2, 0.25) is 10.0 Å². The van der Waals surface area contributed by atoms with Crippen molar-refractivity contribution in [3.63, 3.8) is 0 Å². The molecule has 0 aromatic carbocycles. The Morgan fingerprint density at radius 3 is 2.47 bits per heavy atom. The van der Waals surface area contributed by atoms with Crippen LogP contribution in [0, 0.1) is 26.2 Å². The lowest BCUT2D eigenvalue weighted by molar-refractivity contribution is -0.137. The van der Waals surface area contributed by atoms with Crippen LogP contribution in [0.1, 0.15) is 11.4 Å². The highest BCUT2D eigenvalue weighted by Gasteiger charge is 2.31. The molecule has 0 saturated heterocycles. The van der Waals surface area contributed by atoms with E-state index in [1.807, 2.05) is 0 Å². The number of hydrogen-bond acceptors (Lipinski definition) is 4. The van der Waals surface area contributed by atoms with Gasteiger partial charge in [-0.3, -0.25) is 9.48 Å². The zero-order chi connectivity index (χ0) is 14.8. The molecule has 0 aliphatic heterocycles. The Balaban J connectivity index is 3.35. The molecule has 19 heavy (non-hydrogen) atoms. The van der Waals surface area contributed by atoms with Crippen molar-refractivity contribution in [2.24, 2.45) is 7.05 Å². The van der Waals surface area contributed by atoms with Crippen LogP contribution in [0.25, 0.3) is 0 Å². The topological polar surface area (TPSA) is 92.5 Å². The summed E-state index contributed by atoms with van der Waals surface area (Å²) >= 11 is 0. The number of aliphatic carboxylic acids is 1. The minimum absolute atomic E-state index is 0.00602. The van der Waals surface area contributed by atoms with Gasteiger partial charge in [0.25, 0.3) is 0 Å². The molecule has 7 nitrogen and oxygen atoms in total. The number of hydrogen-bond donors (Lipinski definition) is 1. The first kappa shape index (κ1) is 15.2. The molecule has 104 valence electrons. The predicted molar refractivity (Wildman–Crippen MR) is 67.9 cm³/mol. The lowest BCUT2D eigenvalue weighted by Crippen LogP contribution is -2.36. The quantitative estimate of drug-likeness (QED) is 0.753. The molecular weight excluding hydrogens is 270 g/mol. The van der Waals surface area contributed by atoms with E-state index in [9.17, 15) is 13.2 Å². The zero-order valence-corrected chi connectivity index (χ0v) is 11.7. The van der Waals surface area contributed by atoms with E-state index in [4.69, 9.17) is 11.5 Å². The van der Waals surface area contributed by atoms with Crippen molar-refractivity contribution in [1.29, 1.82) is 0 Å². The molecule has 0 saturated carbocycles. The van der Waals surface area contributed by atoms with Crippen molar-refractivity contribution in [2.75, 3.05) is 13.1 Å². The minimum Gasteiger partial charge on any atom is -0.480 e. The fraction of sp³-hybridized carbons (Fsp3) is 0.455. The SMILES string of the molecule is C#CCN(CC(=O)O)S(=O)(=O)c1c(C)nn(C)c1C. The average Bonchev–Trinajstić information content (AvgIpc) is 2.52. The van der Waals surface area contributed by atoms with Crippen LogP contribution in [0.5, 0.6) is 0 Å². The van der Waals surface area contributed by atoms with E-state index in [1.165, 1.54) is 4.68 Å². The highest BCUT2D eigenvalue weighted by atomic mass is 32.2. The second-order valence-corrected chi connectivity index (χ2v) is 5.87. The third-order valence-electron chi connectivity index (χ3n) is 2.62. The Morgan fingerprint density at radius 2 is 2.11 bits per heavy atom. The van der Waals surface area contributed by atoms with Crippen molar-refractivity contribution in [3.8, 4) is 12.3 Å². The molecule has 1 aromatic heterocycles. The van der Waals surface area contributed by atoms with Crippen molar-refractivity contribution < 1.29 is 18.3 Å². The van der Waals surface area contributed by atoms with Crippen LogP contribution >= 0.6 is 0 Å². The van der Waals surface area contributed by atoms with Gasteiger partial charge < -0.3 is 5.11 Å². The van der Waals surface area contributed by atoms with Crippen LogP contribution in [-0.4, -0.2) is 46.7 Å². The number of carboxylic acids is 1. The molecule has 0 aliphatic rings. The Kier molecular flexibility index (Phi) is 4.34. The van der Waals surface area contributed by atoms with E-state index in [-0.39, 0.29) is 11.4 Å². The molecule has 0 atom stereocenters. The monoisotopic (exact) mass is 285 g/mol. The molecule has 0 fully saturated rings. The third-order valence-corrected chi connectivity index (χ3v) is 4.66. The molecule has 0 bridgehead atoms. The molecule has 1 N–H and O–H groups in total. The zero-order valence-electron chi connectivity index (χ0n) is 10.9. The Labute approximate surface area is 111 Å². The normalized spacial score (nSPS) is 11.5.